The first-order valence-electron chi connectivity index (χ1n) is 8.14. The van der Waals surface area contributed by atoms with Crippen LogP contribution in [0, 0.1) is 0 Å². The van der Waals surface area contributed by atoms with Gasteiger partial charge in [-0.2, -0.15) is 0 Å². The number of carboxylic acid groups (broad SMARTS) is 2. The number of aliphatic hydroxyl groups is 2. The zero-order valence-corrected chi connectivity index (χ0v) is 16.1. The van der Waals surface area contributed by atoms with Gasteiger partial charge in [-0.25, -0.2) is 0 Å². The van der Waals surface area contributed by atoms with Crippen molar-refractivity contribution in [2.45, 2.75) is 60.3 Å². The van der Waals surface area contributed by atoms with Gasteiger partial charge in [0.1, 0.15) is 0 Å². The Balaban J connectivity index is -0.000000503. The van der Waals surface area contributed by atoms with Gasteiger partial charge in [0.25, 0.3) is 11.9 Å². The highest BCUT2D eigenvalue weighted by Crippen LogP contribution is 2.11. The molecule has 0 bridgehead atoms. The predicted molar refractivity (Wildman–Crippen MR) is 101 cm³/mol. The Morgan fingerprint density at radius 2 is 1.20 bits per heavy atom. The van der Waals surface area contributed by atoms with Gasteiger partial charge < -0.3 is 20.4 Å². The molecule has 4 N–H and O–H groups in total. The summed E-state index contributed by atoms with van der Waals surface area (Å²) >= 11 is 0. The molecule has 0 fully saturated rings. The fourth-order valence-electron chi connectivity index (χ4n) is 1.55. The zero-order chi connectivity index (χ0) is 20.3. The summed E-state index contributed by atoms with van der Waals surface area (Å²) in [6, 6.07) is 0. The summed E-state index contributed by atoms with van der Waals surface area (Å²) in [6.45, 7) is 8.63. The Morgan fingerprint density at radius 1 is 0.760 bits per heavy atom. The van der Waals surface area contributed by atoms with Crippen molar-refractivity contribution >= 4 is 11.9 Å². The van der Waals surface area contributed by atoms with Crippen LogP contribution in [-0.4, -0.2) is 45.6 Å². The molecule has 6 heteroatoms. The van der Waals surface area contributed by atoms with E-state index >= 15 is 0 Å². The molecule has 0 rings (SSSR count). The minimum absolute atomic E-state index is 0.114. The van der Waals surface area contributed by atoms with Crippen molar-refractivity contribution in [1.82, 2.24) is 0 Å². The quantitative estimate of drug-likeness (QED) is 0.493. The van der Waals surface area contributed by atoms with Crippen LogP contribution in [0.15, 0.2) is 34.9 Å². The van der Waals surface area contributed by atoms with E-state index in [-0.39, 0.29) is 13.2 Å². The lowest BCUT2D eigenvalue weighted by Gasteiger charge is -2.03. The largest absolute Gasteiger partial charge is 0.481 e. The summed E-state index contributed by atoms with van der Waals surface area (Å²) in [5.41, 5.74) is 3.63. The average Bonchev–Trinajstić information content (AvgIpc) is 2.44. The molecule has 25 heavy (non-hydrogen) atoms. The van der Waals surface area contributed by atoms with Gasteiger partial charge in [-0.15, -0.1) is 0 Å². The molecule has 0 amide bonds. The smallest absolute Gasteiger partial charge is 0.300 e. The second-order valence-corrected chi connectivity index (χ2v) is 5.65. The Bertz CT molecular complexity index is 423. The van der Waals surface area contributed by atoms with Crippen molar-refractivity contribution in [2.24, 2.45) is 0 Å². The summed E-state index contributed by atoms with van der Waals surface area (Å²) in [5, 5.41) is 32.8. The van der Waals surface area contributed by atoms with Crippen LogP contribution in [0.2, 0.25) is 0 Å². The van der Waals surface area contributed by atoms with Gasteiger partial charge in [-0.1, -0.05) is 29.4 Å². The Labute approximate surface area is 151 Å². The maximum absolute atomic E-state index is 9.22. The molecule has 0 aromatic carbocycles. The molecule has 0 saturated carbocycles. The van der Waals surface area contributed by atoms with Crippen LogP contribution >= 0.6 is 0 Å². The maximum atomic E-state index is 9.22. The van der Waals surface area contributed by atoms with Crippen LogP contribution in [0.3, 0.4) is 0 Å². The third-order valence-corrected chi connectivity index (χ3v) is 2.63. The van der Waals surface area contributed by atoms with Gasteiger partial charge in [-0.3, -0.25) is 9.59 Å². The number of carbonyl (C=O) groups is 2. The second-order valence-electron chi connectivity index (χ2n) is 5.65. The number of hydrogen-bond acceptors (Lipinski definition) is 4. The van der Waals surface area contributed by atoms with Gasteiger partial charge in [-0.05, 0) is 52.0 Å². The van der Waals surface area contributed by atoms with E-state index in [0.717, 1.165) is 45.1 Å². The predicted octanol–water partition coefficient (Wildman–Crippen LogP) is 3.55. The van der Waals surface area contributed by atoms with Gasteiger partial charge in [0.2, 0.25) is 0 Å². The van der Waals surface area contributed by atoms with E-state index in [1.54, 1.807) is 0 Å². The zero-order valence-electron chi connectivity index (χ0n) is 16.1. The number of hydrogen-bond donors (Lipinski definition) is 4. The summed E-state index contributed by atoms with van der Waals surface area (Å²) < 4.78 is 0. The maximum Gasteiger partial charge on any atom is 0.300 e. The highest BCUT2D eigenvalue weighted by molar-refractivity contribution is 5.63. The summed E-state index contributed by atoms with van der Waals surface area (Å²) in [5.74, 6) is -1.67. The standard InChI is InChI=1S/C15H26O2.2C2H4O2/c1-13(2)6-4-8-15(12-17)9-5-7-14(3)10-11-16;2*1-2(3)4/h6,9-10,16-17H,4-5,7-8,11-12H2,1-3H3;2*1H3,(H,3,4). The Kier molecular flexibility index (Phi) is 22.5. The van der Waals surface area contributed by atoms with Gasteiger partial charge >= 0.3 is 0 Å². The van der Waals surface area contributed by atoms with Crippen LogP contribution in [0.5, 0.6) is 0 Å². The Morgan fingerprint density at radius 3 is 1.56 bits per heavy atom. The molecule has 0 aliphatic carbocycles. The first kappa shape index (κ1) is 27.9. The van der Waals surface area contributed by atoms with E-state index in [4.69, 9.17) is 24.9 Å². The molecule has 146 valence electrons. The van der Waals surface area contributed by atoms with E-state index < -0.39 is 11.9 Å². The molecule has 0 aliphatic heterocycles. The SMILES string of the molecule is CC(=O)O.CC(=O)O.CC(C)=CCCC(=CCCC(C)=CCO)CO. The number of rotatable bonds is 8. The lowest BCUT2D eigenvalue weighted by molar-refractivity contribution is -0.135. The third kappa shape index (κ3) is 39.1. The van der Waals surface area contributed by atoms with Crippen molar-refractivity contribution < 1.29 is 30.0 Å². The summed E-state index contributed by atoms with van der Waals surface area (Å²) in [7, 11) is 0. The molecule has 0 unspecified atom stereocenters. The number of allylic oxidation sites excluding steroid dienone is 4. The van der Waals surface area contributed by atoms with E-state index in [2.05, 4.69) is 26.0 Å². The fourth-order valence-corrected chi connectivity index (χ4v) is 1.55. The van der Waals surface area contributed by atoms with Crippen LogP contribution < -0.4 is 0 Å². The second kappa shape index (κ2) is 20.1. The summed E-state index contributed by atoms with van der Waals surface area (Å²) in [4.78, 5) is 18.0. The van der Waals surface area contributed by atoms with E-state index in [1.807, 2.05) is 13.0 Å². The van der Waals surface area contributed by atoms with Gasteiger partial charge in [0.15, 0.2) is 0 Å². The van der Waals surface area contributed by atoms with Crippen LogP contribution in [0.1, 0.15) is 60.3 Å². The normalized spacial score (nSPS) is 10.7. The minimum atomic E-state index is -0.833. The van der Waals surface area contributed by atoms with Gasteiger partial charge in [0.05, 0.1) is 13.2 Å². The van der Waals surface area contributed by atoms with E-state index in [9.17, 15) is 5.11 Å². The topological polar surface area (TPSA) is 115 Å². The van der Waals surface area contributed by atoms with Gasteiger partial charge in [0, 0.05) is 13.8 Å². The van der Waals surface area contributed by atoms with Crippen molar-refractivity contribution in [3.8, 4) is 0 Å². The number of carboxylic acids is 2. The molecular weight excluding hydrogens is 324 g/mol. The van der Waals surface area contributed by atoms with E-state index in [1.165, 1.54) is 11.1 Å². The minimum Gasteiger partial charge on any atom is -0.481 e. The molecule has 0 spiro atoms. The molecule has 0 heterocycles. The monoisotopic (exact) mass is 358 g/mol. The lowest BCUT2D eigenvalue weighted by Crippen LogP contribution is -1.91. The molecule has 0 aromatic rings. The third-order valence-electron chi connectivity index (χ3n) is 2.63. The molecule has 0 radical (unpaired) electrons. The molecule has 6 nitrogen and oxygen atoms in total. The highest BCUT2D eigenvalue weighted by atomic mass is 16.4. The number of aliphatic carboxylic acids is 2. The summed E-state index contributed by atoms with van der Waals surface area (Å²) in [6.07, 6.45) is 9.97. The van der Waals surface area contributed by atoms with Crippen molar-refractivity contribution in [3.63, 3.8) is 0 Å². The molecule has 0 aromatic heterocycles. The van der Waals surface area contributed by atoms with Crippen molar-refractivity contribution in [2.75, 3.05) is 13.2 Å². The average molecular weight is 358 g/mol. The lowest BCUT2D eigenvalue weighted by atomic mass is 10.1. The number of aliphatic hydroxyl groups excluding tert-OH is 2. The Hall–Kier alpha value is -1.92. The van der Waals surface area contributed by atoms with E-state index in [0.29, 0.717) is 0 Å². The molecule has 0 atom stereocenters. The molecule has 0 saturated heterocycles. The highest BCUT2D eigenvalue weighted by Gasteiger charge is 1.95. The molecular formula is C19H34O6. The first-order valence-corrected chi connectivity index (χ1v) is 8.14. The van der Waals surface area contributed by atoms with Crippen LogP contribution in [-0.2, 0) is 9.59 Å². The first-order chi connectivity index (χ1) is 11.6. The molecule has 0 aliphatic rings. The van der Waals surface area contributed by atoms with Crippen LogP contribution in [0.25, 0.3) is 0 Å². The van der Waals surface area contributed by atoms with Crippen molar-refractivity contribution in [3.05, 3.63) is 34.9 Å². The van der Waals surface area contributed by atoms with Crippen LogP contribution in [0.4, 0.5) is 0 Å². The van der Waals surface area contributed by atoms with Crippen molar-refractivity contribution in [1.29, 1.82) is 0 Å². The fraction of sp³-hybridized carbons (Fsp3) is 0.579.